The third kappa shape index (κ3) is 3.66. The molecule has 0 heterocycles. The molecule has 0 aliphatic heterocycles. The molecular weight excluding hydrogens is 297 g/mol. The number of carboxylic acid groups (broad SMARTS) is 1. The first-order valence-corrected chi connectivity index (χ1v) is 6.19. The second-order valence-electron chi connectivity index (χ2n) is 4.54. The number of hydrogen-bond donors (Lipinski definition) is 2. The summed E-state index contributed by atoms with van der Waals surface area (Å²) >= 11 is 0. The third-order valence-electron chi connectivity index (χ3n) is 2.91. The van der Waals surface area contributed by atoms with E-state index in [1.54, 1.807) is 0 Å². The Kier molecular flexibility index (Phi) is 4.21. The van der Waals surface area contributed by atoms with E-state index in [1.807, 2.05) is 0 Å². The number of rotatable bonds is 3. The minimum Gasteiger partial charge on any atom is -0.508 e. The zero-order chi connectivity index (χ0) is 16.3. The van der Waals surface area contributed by atoms with Crippen molar-refractivity contribution in [2.45, 2.75) is 6.18 Å². The Morgan fingerprint density at radius 2 is 1.73 bits per heavy atom. The standard InChI is InChI=1S/C16H11F3O3/c17-16(18,19)12-5-1-3-10(7-12)8-14(15(21)22)11-4-2-6-13(20)9-11/h1-9,20H,(H,21,22)/b14-8-. The summed E-state index contributed by atoms with van der Waals surface area (Å²) in [6, 6.07) is 9.86. The molecule has 2 aromatic carbocycles. The smallest absolute Gasteiger partial charge is 0.416 e. The number of halogens is 3. The fourth-order valence-corrected chi connectivity index (χ4v) is 1.91. The van der Waals surface area contributed by atoms with Crippen LogP contribution >= 0.6 is 0 Å². The van der Waals surface area contributed by atoms with Gasteiger partial charge in [0.2, 0.25) is 0 Å². The van der Waals surface area contributed by atoms with Gasteiger partial charge in [0, 0.05) is 0 Å². The van der Waals surface area contributed by atoms with Crippen molar-refractivity contribution < 1.29 is 28.2 Å². The summed E-state index contributed by atoms with van der Waals surface area (Å²) in [4.78, 5) is 11.3. The van der Waals surface area contributed by atoms with Crippen molar-refractivity contribution in [1.82, 2.24) is 0 Å². The largest absolute Gasteiger partial charge is 0.508 e. The molecule has 0 amide bonds. The Morgan fingerprint density at radius 3 is 2.32 bits per heavy atom. The maximum Gasteiger partial charge on any atom is 0.416 e. The fourth-order valence-electron chi connectivity index (χ4n) is 1.91. The van der Waals surface area contributed by atoms with Gasteiger partial charge in [0.25, 0.3) is 0 Å². The summed E-state index contributed by atoms with van der Waals surface area (Å²) in [5, 5.41) is 18.6. The first kappa shape index (κ1) is 15.6. The number of hydrogen-bond acceptors (Lipinski definition) is 2. The topological polar surface area (TPSA) is 57.5 Å². The normalized spacial score (nSPS) is 12.2. The number of phenols is 1. The van der Waals surface area contributed by atoms with E-state index in [1.165, 1.54) is 36.4 Å². The molecule has 3 nitrogen and oxygen atoms in total. The molecule has 0 atom stereocenters. The molecule has 0 spiro atoms. The van der Waals surface area contributed by atoms with Crippen molar-refractivity contribution in [3.63, 3.8) is 0 Å². The third-order valence-corrected chi connectivity index (χ3v) is 2.91. The SMILES string of the molecule is O=C(O)/C(=C\c1cccc(C(F)(F)F)c1)c1cccc(O)c1. The van der Waals surface area contributed by atoms with E-state index in [-0.39, 0.29) is 22.4 Å². The quantitative estimate of drug-likeness (QED) is 0.664. The molecule has 2 N–H and O–H groups in total. The van der Waals surface area contributed by atoms with Crippen LogP contribution in [0.5, 0.6) is 5.75 Å². The van der Waals surface area contributed by atoms with Gasteiger partial charge in [-0.3, -0.25) is 0 Å². The Morgan fingerprint density at radius 1 is 1.05 bits per heavy atom. The number of benzene rings is 2. The van der Waals surface area contributed by atoms with Crippen molar-refractivity contribution in [3.05, 3.63) is 65.2 Å². The molecule has 0 unspecified atom stereocenters. The van der Waals surface area contributed by atoms with Crippen molar-refractivity contribution in [2.24, 2.45) is 0 Å². The van der Waals surface area contributed by atoms with E-state index in [0.29, 0.717) is 0 Å². The molecule has 22 heavy (non-hydrogen) atoms. The zero-order valence-corrected chi connectivity index (χ0v) is 11.1. The monoisotopic (exact) mass is 308 g/mol. The van der Waals surface area contributed by atoms with Crippen molar-refractivity contribution in [2.75, 3.05) is 0 Å². The van der Waals surface area contributed by atoms with E-state index in [2.05, 4.69) is 0 Å². The van der Waals surface area contributed by atoms with Crippen LogP contribution in [-0.2, 0) is 11.0 Å². The summed E-state index contributed by atoms with van der Waals surface area (Å²) in [5.41, 5.74) is -0.766. The maximum atomic E-state index is 12.7. The molecule has 114 valence electrons. The van der Waals surface area contributed by atoms with Gasteiger partial charge in [-0.2, -0.15) is 13.2 Å². The Hall–Kier alpha value is -2.76. The highest BCUT2D eigenvalue weighted by atomic mass is 19.4. The lowest BCUT2D eigenvalue weighted by Gasteiger charge is -2.08. The Balaban J connectivity index is 2.50. The number of phenolic OH excluding ortho intramolecular Hbond substituents is 1. The second-order valence-corrected chi connectivity index (χ2v) is 4.54. The van der Waals surface area contributed by atoms with E-state index < -0.39 is 17.7 Å². The van der Waals surface area contributed by atoms with Gasteiger partial charge in [-0.05, 0) is 41.5 Å². The predicted octanol–water partition coefficient (Wildman–Crippen LogP) is 4.04. The van der Waals surface area contributed by atoms with Gasteiger partial charge < -0.3 is 10.2 Å². The van der Waals surface area contributed by atoms with E-state index in [0.717, 1.165) is 18.2 Å². The van der Waals surface area contributed by atoms with Gasteiger partial charge in [-0.25, -0.2) is 4.79 Å². The van der Waals surface area contributed by atoms with E-state index in [4.69, 9.17) is 0 Å². The molecule has 0 aromatic heterocycles. The summed E-state index contributed by atoms with van der Waals surface area (Å²) < 4.78 is 38.0. The minimum atomic E-state index is -4.50. The highest BCUT2D eigenvalue weighted by molar-refractivity contribution is 6.20. The van der Waals surface area contributed by atoms with Gasteiger partial charge in [-0.1, -0.05) is 24.3 Å². The molecule has 2 rings (SSSR count). The van der Waals surface area contributed by atoms with E-state index in [9.17, 15) is 28.2 Å². The lowest BCUT2D eigenvalue weighted by molar-refractivity contribution is -0.137. The van der Waals surface area contributed by atoms with Crippen molar-refractivity contribution in [1.29, 1.82) is 0 Å². The molecule has 0 aliphatic carbocycles. The van der Waals surface area contributed by atoms with Crippen molar-refractivity contribution >= 4 is 17.6 Å². The van der Waals surface area contributed by atoms with Gasteiger partial charge >= 0.3 is 12.1 Å². The summed E-state index contributed by atoms with van der Waals surface area (Å²) in [5.74, 6) is -1.43. The van der Waals surface area contributed by atoms with Crippen LogP contribution in [0.4, 0.5) is 13.2 Å². The van der Waals surface area contributed by atoms with Crippen molar-refractivity contribution in [3.8, 4) is 5.75 Å². The average molecular weight is 308 g/mol. The van der Waals surface area contributed by atoms with Crippen LogP contribution in [0.3, 0.4) is 0 Å². The number of alkyl halides is 3. The molecule has 0 aliphatic rings. The molecule has 0 fully saturated rings. The van der Waals surface area contributed by atoms with Crippen LogP contribution < -0.4 is 0 Å². The van der Waals surface area contributed by atoms with Crippen LogP contribution in [0.15, 0.2) is 48.5 Å². The number of aromatic hydroxyl groups is 1. The average Bonchev–Trinajstić information content (AvgIpc) is 2.44. The molecule has 0 saturated heterocycles. The van der Waals surface area contributed by atoms with Gasteiger partial charge in [0.05, 0.1) is 11.1 Å². The van der Waals surface area contributed by atoms with Crippen LogP contribution in [0.25, 0.3) is 11.6 Å². The molecule has 6 heteroatoms. The van der Waals surface area contributed by atoms with Gasteiger partial charge in [0.1, 0.15) is 5.75 Å². The molecule has 0 saturated carbocycles. The lowest BCUT2D eigenvalue weighted by atomic mass is 10.0. The number of carboxylic acids is 1. The number of carbonyl (C=O) groups is 1. The summed E-state index contributed by atoms with van der Waals surface area (Å²) in [7, 11) is 0. The maximum absolute atomic E-state index is 12.7. The predicted molar refractivity (Wildman–Crippen MR) is 75.1 cm³/mol. The molecular formula is C16H11F3O3. The highest BCUT2D eigenvalue weighted by Crippen LogP contribution is 2.30. The fraction of sp³-hybridized carbons (Fsp3) is 0.0625. The zero-order valence-electron chi connectivity index (χ0n) is 11.1. The van der Waals surface area contributed by atoms with Gasteiger partial charge in [-0.15, -0.1) is 0 Å². The first-order chi connectivity index (χ1) is 10.3. The molecule has 0 bridgehead atoms. The van der Waals surface area contributed by atoms with Crippen LogP contribution in [0, 0.1) is 0 Å². The van der Waals surface area contributed by atoms with E-state index >= 15 is 0 Å². The van der Waals surface area contributed by atoms with Crippen LogP contribution in [0.1, 0.15) is 16.7 Å². The molecule has 0 radical (unpaired) electrons. The summed E-state index contributed by atoms with van der Waals surface area (Å²) in [6.07, 6.45) is -3.37. The van der Waals surface area contributed by atoms with Crippen LogP contribution in [-0.4, -0.2) is 16.2 Å². The number of aliphatic carboxylic acids is 1. The summed E-state index contributed by atoms with van der Waals surface area (Å²) in [6.45, 7) is 0. The lowest BCUT2D eigenvalue weighted by Crippen LogP contribution is -2.05. The first-order valence-electron chi connectivity index (χ1n) is 6.19. The molecule has 2 aromatic rings. The minimum absolute atomic E-state index is 0.107. The Labute approximate surface area is 124 Å². The van der Waals surface area contributed by atoms with Gasteiger partial charge in [0.15, 0.2) is 0 Å². The second kappa shape index (κ2) is 5.93. The highest BCUT2D eigenvalue weighted by Gasteiger charge is 2.30. The Bertz CT molecular complexity index is 733. The van der Waals surface area contributed by atoms with Crippen LogP contribution in [0.2, 0.25) is 0 Å².